The van der Waals surface area contributed by atoms with E-state index in [0.29, 0.717) is 32.2 Å². The molecule has 2 fully saturated rings. The van der Waals surface area contributed by atoms with Gasteiger partial charge >= 0.3 is 0 Å². The zero-order chi connectivity index (χ0) is 20.8. The Bertz CT molecular complexity index is 836. The molecular weight excluding hydrogens is 420 g/mol. The molecule has 0 bridgehead atoms. The van der Waals surface area contributed by atoms with Crippen LogP contribution in [0.1, 0.15) is 31.2 Å². The highest BCUT2D eigenvalue weighted by Gasteiger charge is 2.43. The zero-order valence-corrected chi connectivity index (χ0v) is 18.3. The second-order valence-electron chi connectivity index (χ2n) is 7.89. The van der Waals surface area contributed by atoms with Crippen molar-refractivity contribution in [2.75, 3.05) is 32.9 Å². The third-order valence-electron chi connectivity index (χ3n) is 5.92. The molecule has 2 heterocycles. The second-order valence-corrected chi connectivity index (χ2v) is 7.89. The minimum atomic E-state index is -0.863. The molecule has 2 aliphatic rings. The van der Waals surface area contributed by atoms with E-state index < -0.39 is 10.9 Å². The number of morpholine rings is 1. The van der Waals surface area contributed by atoms with E-state index in [0.717, 1.165) is 29.7 Å². The maximum atomic E-state index is 10.4. The Morgan fingerprint density at radius 3 is 2.55 bits per heavy atom. The highest BCUT2D eigenvalue weighted by Crippen LogP contribution is 2.37. The average molecular weight is 449 g/mol. The molecule has 2 saturated heterocycles. The van der Waals surface area contributed by atoms with Gasteiger partial charge in [-0.25, -0.2) is 0 Å². The molecule has 4 rings (SSSR count). The number of ether oxygens (including phenoxy) is 2. The molecule has 2 atom stereocenters. The minimum absolute atomic E-state index is 0. The summed E-state index contributed by atoms with van der Waals surface area (Å²) in [6.07, 6.45) is 4.01. The lowest BCUT2D eigenvalue weighted by Crippen LogP contribution is -2.57. The summed E-state index contributed by atoms with van der Waals surface area (Å²) in [7, 11) is 0. The fraction of sp³-hybridized carbons (Fsp3) is 0.478. The largest absolute Gasteiger partial charge is 0.345 e. The lowest BCUT2D eigenvalue weighted by molar-refractivity contribution is -0.757. The van der Waals surface area contributed by atoms with Crippen molar-refractivity contribution in [3.05, 3.63) is 70.3 Å². The standard InChI is InChI=1S/C23H28N2O5.ClH/c26-25(27)30-16-6-15-28-23(18-24-14-5-4-9-22(24)17-29-23)21-12-10-20(11-13-21)19-7-2-1-3-8-19;/h1-3,7-8,10-13,22H,4-6,9,14-18H2;1H. The van der Waals surface area contributed by atoms with Gasteiger partial charge in [-0.05, 0) is 36.9 Å². The first-order chi connectivity index (χ1) is 14.7. The summed E-state index contributed by atoms with van der Waals surface area (Å²) >= 11 is 0. The number of hydrogen-bond acceptors (Lipinski definition) is 6. The van der Waals surface area contributed by atoms with Crippen molar-refractivity contribution in [1.29, 1.82) is 0 Å². The molecule has 7 nitrogen and oxygen atoms in total. The van der Waals surface area contributed by atoms with Crippen molar-refractivity contribution in [3.63, 3.8) is 0 Å². The van der Waals surface area contributed by atoms with Gasteiger partial charge in [0.15, 0.2) is 0 Å². The number of fused-ring (bicyclic) bond motifs is 1. The predicted octanol–water partition coefficient (Wildman–Crippen LogP) is 4.43. The van der Waals surface area contributed by atoms with Crippen LogP contribution < -0.4 is 0 Å². The Morgan fingerprint density at radius 1 is 1.06 bits per heavy atom. The molecular formula is C23H29ClN2O5. The summed E-state index contributed by atoms with van der Waals surface area (Å²) < 4.78 is 12.6. The van der Waals surface area contributed by atoms with Crippen LogP contribution in [0.5, 0.6) is 0 Å². The van der Waals surface area contributed by atoms with E-state index in [9.17, 15) is 10.1 Å². The summed E-state index contributed by atoms with van der Waals surface area (Å²) in [5, 5.41) is 9.60. The molecule has 31 heavy (non-hydrogen) atoms. The summed E-state index contributed by atoms with van der Waals surface area (Å²) in [6.45, 7) is 2.69. The molecule has 0 saturated carbocycles. The van der Waals surface area contributed by atoms with Gasteiger partial charge in [-0.15, -0.1) is 22.5 Å². The van der Waals surface area contributed by atoms with Crippen LogP contribution in [-0.4, -0.2) is 48.9 Å². The van der Waals surface area contributed by atoms with E-state index in [4.69, 9.17) is 9.47 Å². The average Bonchev–Trinajstić information content (AvgIpc) is 2.79. The van der Waals surface area contributed by atoms with Gasteiger partial charge in [-0.3, -0.25) is 4.90 Å². The number of hydrogen-bond donors (Lipinski definition) is 0. The van der Waals surface area contributed by atoms with Crippen LogP contribution in [0.2, 0.25) is 0 Å². The first-order valence-corrected chi connectivity index (χ1v) is 10.6. The molecule has 0 amide bonds. The Labute approximate surface area is 188 Å². The van der Waals surface area contributed by atoms with E-state index >= 15 is 0 Å². The third kappa shape index (κ3) is 5.74. The highest BCUT2D eigenvalue weighted by molar-refractivity contribution is 5.85. The van der Waals surface area contributed by atoms with Gasteiger partial charge in [0.1, 0.15) is 0 Å². The van der Waals surface area contributed by atoms with Gasteiger partial charge in [-0.2, -0.15) is 0 Å². The lowest BCUT2D eigenvalue weighted by Gasteiger charge is -2.48. The fourth-order valence-electron chi connectivity index (χ4n) is 4.33. The first kappa shape index (κ1) is 23.5. The summed E-state index contributed by atoms with van der Waals surface area (Å²) in [4.78, 5) is 17.2. The Kier molecular flexibility index (Phi) is 8.26. The molecule has 0 spiro atoms. The quantitative estimate of drug-likeness (QED) is 0.338. The van der Waals surface area contributed by atoms with E-state index in [1.54, 1.807) is 0 Å². The van der Waals surface area contributed by atoms with Crippen LogP contribution >= 0.6 is 12.4 Å². The van der Waals surface area contributed by atoms with Crippen LogP contribution in [0.3, 0.4) is 0 Å². The van der Waals surface area contributed by atoms with Gasteiger partial charge in [0, 0.05) is 11.6 Å². The molecule has 2 aliphatic heterocycles. The Morgan fingerprint density at radius 2 is 1.81 bits per heavy atom. The van der Waals surface area contributed by atoms with E-state index in [2.05, 4.69) is 46.1 Å². The van der Waals surface area contributed by atoms with Crippen LogP contribution in [0.25, 0.3) is 11.1 Å². The predicted molar refractivity (Wildman–Crippen MR) is 119 cm³/mol. The molecule has 2 aromatic rings. The first-order valence-electron chi connectivity index (χ1n) is 10.6. The van der Waals surface area contributed by atoms with Gasteiger partial charge in [0.2, 0.25) is 5.79 Å². The zero-order valence-electron chi connectivity index (χ0n) is 17.5. The molecule has 0 aliphatic carbocycles. The van der Waals surface area contributed by atoms with Crippen molar-refractivity contribution in [1.82, 2.24) is 4.90 Å². The van der Waals surface area contributed by atoms with Gasteiger partial charge in [0.05, 0.1) is 26.4 Å². The van der Waals surface area contributed by atoms with Crippen LogP contribution in [-0.2, 0) is 20.1 Å². The third-order valence-corrected chi connectivity index (χ3v) is 5.92. The SMILES string of the molecule is Cl.O=[N+]([O-])OCCCOC1(c2ccc(-c3ccccc3)cc2)CN2CCCCC2CO1. The summed E-state index contributed by atoms with van der Waals surface area (Å²) in [5.74, 6) is -0.863. The fourth-order valence-corrected chi connectivity index (χ4v) is 4.33. The number of rotatable bonds is 8. The highest BCUT2D eigenvalue weighted by atomic mass is 35.5. The van der Waals surface area contributed by atoms with Crippen molar-refractivity contribution in [2.45, 2.75) is 37.5 Å². The molecule has 2 aromatic carbocycles. The monoisotopic (exact) mass is 448 g/mol. The normalized spacial score (nSPS) is 23.4. The van der Waals surface area contributed by atoms with E-state index in [1.165, 1.54) is 12.8 Å². The molecule has 2 unspecified atom stereocenters. The van der Waals surface area contributed by atoms with Crippen molar-refractivity contribution < 1.29 is 19.4 Å². The number of piperidine rings is 1. The molecule has 0 radical (unpaired) electrons. The van der Waals surface area contributed by atoms with Crippen molar-refractivity contribution in [2.24, 2.45) is 0 Å². The topological polar surface area (TPSA) is 74.1 Å². The summed E-state index contributed by atoms with van der Waals surface area (Å²) in [6, 6.07) is 19.0. The summed E-state index contributed by atoms with van der Waals surface area (Å²) in [5.41, 5.74) is 3.28. The Balaban J connectivity index is 0.00000272. The smallest absolute Gasteiger partial charge is 0.294 e. The van der Waals surface area contributed by atoms with Gasteiger partial charge < -0.3 is 14.3 Å². The van der Waals surface area contributed by atoms with Crippen LogP contribution in [0.15, 0.2) is 54.6 Å². The number of nitrogens with zero attached hydrogens (tertiary/aromatic N) is 2. The maximum absolute atomic E-state index is 10.4. The second kappa shape index (κ2) is 10.9. The van der Waals surface area contributed by atoms with E-state index in [-0.39, 0.29) is 19.0 Å². The van der Waals surface area contributed by atoms with Crippen LogP contribution in [0, 0.1) is 10.1 Å². The van der Waals surface area contributed by atoms with Crippen molar-refractivity contribution >= 4 is 12.4 Å². The minimum Gasteiger partial charge on any atom is -0.345 e. The van der Waals surface area contributed by atoms with E-state index in [1.807, 2.05) is 18.2 Å². The lowest BCUT2D eigenvalue weighted by atomic mass is 9.95. The molecule has 0 aromatic heterocycles. The van der Waals surface area contributed by atoms with Crippen molar-refractivity contribution in [3.8, 4) is 11.1 Å². The Hall–Kier alpha value is -2.19. The van der Waals surface area contributed by atoms with Crippen LogP contribution in [0.4, 0.5) is 0 Å². The molecule has 168 valence electrons. The maximum Gasteiger partial charge on any atom is 0.294 e. The molecule has 8 heteroatoms. The molecule has 0 N–H and O–H groups in total. The van der Waals surface area contributed by atoms with Gasteiger partial charge in [0.25, 0.3) is 5.09 Å². The number of halogens is 1. The number of benzene rings is 2. The van der Waals surface area contributed by atoms with Gasteiger partial charge in [-0.1, -0.05) is 61.0 Å².